The summed E-state index contributed by atoms with van der Waals surface area (Å²) >= 11 is 5.00. The highest BCUT2D eigenvalue weighted by Crippen LogP contribution is 2.16. The number of benzene rings is 1. The first-order chi connectivity index (χ1) is 9.11. The van der Waals surface area contributed by atoms with E-state index in [1.807, 2.05) is 12.1 Å². The highest BCUT2D eigenvalue weighted by molar-refractivity contribution is 7.80. The van der Waals surface area contributed by atoms with Crippen LogP contribution in [-0.2, 0) is 4.79 Å². The van der Waals surface area contributed by atoms with E-state index >= 15 is 0 Å². The molecule has 1 heterocycles. The lowest BCUT2D eigenvalue weighted by Gasteiger charge is -2.03. The van der Waals surface area contributed by atoms with Crippen molar-refractivity contribution < 1.29 is 9.53 Å². The van der Waals surface area contributed by atoms with Crippen LogP contribution < -0.4 is 10.1 Å². The Kier molecular flexibility index (Phi) is 3.83. The molecule has 0 bridgehead atoms. The van der Waals surface area contributed by atoms with Crippen LogP contribution in [0.5, 0.6) is 5.75 Å². The topological polar surface area (TPSA) is 41.6 Å². The van der Waals surface area contributed by atoms with Gasteiger partial charge < -0.3 is 10.1 Å². The number of ether oxygens (including phenoxy) is 1. The average molecular weight is 272 g/mol. The van der Waals surface area contributed by atoms with Gasteiger partial charge in [-0.3, -0.25) is 9.69 Å². The Balaban J connectivity index is 2.14. The van der Waals surface area contributed by atoms with Gasteiger partial charge >= 0.3 is 0 Å². The van der Waals surface area contributed by atoms with Gasteiger partial charge in [-0.15, -0.1) is 6.42 Å². The zero-order chi connectivity index (χ0) is 13.8. The van der Waals surface area contributed by atoms with Gasteiger partial charge in [0.25, 0.3) is 5.91 Å². The maximum absolute atomic E-state index is 11.8. The lowest BCUT2D eigenvalue weighted by atomic mass is 10.2. The second-order valence-electron chi connectivity index (χ2n) is 3.91. The molecule has 0 saturated carbocycles. The molecule has 1 N–H and O–H groups in total. The smallest absolute Gasteiger partial charge is 0.276 e. The number of rotatable bonds is 3. The molecule has 1 saturated heterocycles. The number of thiocarbonyl (C=S) groups is 1. The van der Waals surface area contributed by atoms with Gasteiger partial charge in [-0.25, -0.2) is 0 Å². The summed E-state index contributed by atoms with van der Waals surface area (Å²) in [5, 5.41) is 3.27. The SMILES string of the molecule is C#CCOc1ccc(/C=C2\NC(=S)N(C)C2=O)cc1. The molecule has 0 radical (unpaired) electrons. The summed E-state index contributed by atoms with van der Waals surface area (Å²) in [4.78, 5) is 13.2. The first-order valence-corrected chi connectivity index (χ1v) is 5.99. The third-order valence-electron chi connectivity index (χ3n) is 2.59. The van der Waals surface area contributed by atoms with Crippen molar-refractivity contribution in [3.63, 3.8) is 0 Å². The highest BCUT2D eigenvalue weighted by Gasteiger charge is 2.26. The van der Waals surface area contributed by atoms with Crippen molar-refractivity contribution in [1.82, 2.24) is 10.2 Å². The highest BCUT2D eigenvalue weighted by atomic mass is 32.1. The summed E-state index contributed by atoms with van der Waals surface area (Å²) in [6, 6.07) is 7.28. The maximum atomic E-state index is 11.8. The standard InChI is InChI=1S/C14H12N2O2S/c1-3-8-18-11-6-4-10(5-7-11)9-12-13(17)16(2)14(19)15-12/h1,4-7,9H,8H2,2H3,(H,15,19)/b12-9-. The summed E-state index contributed by atoms with van der Waals surface area (Å²) in [7, 11) is 1.63. The predicted molar refractivity (Wildman–Crippen MR) is 77.3 cm³/mol. The Morgan fingerprint density at radius 3 is 2.68 bits per heavy atom. The van der Waals surface area contributed by atoms with E-state index in [4.69, 9.17) is 23.4 Å². The van der Waals surface area contributed by atoms with Crippen molar-refractivity contribution in [3.8, 4) is 18.1 Å². The summed E-state index contributed by atoms with van der Waals surface area (Å²) in [6.07, 6.45) is 6.85. The van der Waals surface area contributed by atoms with Crippen LogP contribution in [0.1, 0.15) is 5.56 Å². The van der Waals surface area contributed by atoms with E-state index in [0.717, 1.165) is 5.56 Å². The maximum Gasteiger partial charge on any atom is 0.276 e. The van der Waals surface area contributed by atoms with Gasteiger partial charge in [0.1, 0.15) is 18.1 Å². The van der Waals surface area contributed by atoms with Crippen molar-refractivity contribution in [2.24, 2.45) is 0 Å². The van der Waals surface area contributed by atoms with Gasteiger partial charge in [-0.2, -0.15) is 0 Å². The normalized spacial score (nSPS) is 16.4. The zero-order valence-corrected chi connectivity index (χ0v) is 11.2. The molecular formula is C14H12N2O2S. The summed E-state index contributed by atoms with van der Waals surface area (Å²) in [5.41, 5.74) is 1.34. The van der Waals surface area contributed by atoms with Gasteiger partial charge in [0.05, 0.1) is 0 Å². The molecular weight excluding hydrogens is 260 g/mol. The summed E-state index contributed by atoms with van der Waals surface area (Å²) in [5.74, 6) is 2.95. The van der Waals surface area contributed by atoms with E-state index in [1.165, 1.54) is 4.90 Å². The van der Waals surface area contributed by atoms with Crippen molar-refractivity contribution >= 4 is 29.3 Å². The van der Waals surface area contributed by atoms with Crippen LogP contribution in [0.3, 0.4) is 0 Å². The molecule has 0 atom stereocenters. The molecule has 1 fully saturated rings. The van der Waals surface area contributed by atoms with Crippen LogP contribution >= 0.6 is 12.2 Å². The molecule has 1 aromatic rings. The van der Waals surface area contributed by atoms with E-state index in [0.29, 0.717) is 16.6 Å². The fourth-order valence-corrected chi connectivity index (χ4v) is 1.77. The lowest BCUT2D eigenvalue weighted by molar-refractivity contribution is -0.121. The molecule has 4 nitrogen and oxygen atoms in total. The first-order valence-electron chi connectivity index (χ1n) is 5.59. The molecule has 0 unspecified atom stereocenters. The van der Waals surface area contributed by atoms with Crippen LogP contribution in [0.4, 0.5) is 0 Å². The van der Waals surface area contributed by atoms with E-state index in [-0.39, 0.29) is 12.5 Å². The van der Waals surface area contributed by atoms with Crippen molar-refractivity contribution in [3.05, 3.63) is 35.5 Å². The van der Waals surface area contributed by atoms with Crippen molar-refractivity contribution in [2.75, 3.05) is 13.7 Å². The molecule has 2 rings (SSSR count). The minimum absolute atomic E-state index is 0.141. The van der Waals surface area contributed by atoms with Gasteiger partial charge in [0.15, 0.2) is 5.11 Å². The van der Waals surface area contributed by atoms with Crippen LogP contribution in [0, 0.1) is 12.3 Å². The number of hydrogen-bond acceptors (Lipinski definition) is 3. The molecule has 19 heavy (non-hydrogen) atoms. The van der Waals surface area contributed by atoms with E-state index in [9.17, 15) is 4.79 Å². The Morgan fingerprint density at radius 2 is 2.16 bits per heavy atom. The molecule has 0 aromatic heterocycles. The molecule has 1 aromatic carbocycles. The van der Waals surface area contributed by atoms with Gasteiger partial charge in [0, 0.05) is 7.05 Å². The van der Waals surface area contributed by atoms with E-state index in [1.54, 1.807) is 25.3 Å². The molecule has 0 spiro atoms. The fraction of sp³-hybridized carbons (Fsp3) is 0.143. The molecule has 1 amide bonds. The Labute approximate surface area is 117 Å². The number of hydrogen-bond donors (Lipinski definition) is 1. The molecule has 5 heteroatoms. The largest absolute Gasteiger partial charge is 0.481 e. The summed E-state index contributed by atoms with van der Waals surface area (Å²) < 4.78 is 5.27. The summed E-state index contributed by atoms with van der Waals surface area (Å²) in [6.45, 7) is 0.236. The van der Waals surface area contributed by atoms with Gasteiger partial charge in [-0.05, 0) is 36.0 Å². The van der Waals surface area contributed by atoms with Gasteiger partial charge in [0.2, 0.25) is 0 Å². The Hall–Kier alpha value is -2.32. The van der Waals surface area contributed by atoms with Crippen LogP contribution in [0.25, 0.3) is 6.08 Å². The second kappa shape index (κ2) is 5.55. The van der Waals surface area contributed by atoms with Crippen LogP contribution in [-0.4, -0.2) is 29.6 Å². The number of amides is 1. The molecule has 1 aliphatic rings. The number of carbonyl (C=O) groups is 1. The average Bonchev–Trinajstić information content (AvgIpc) is 2.66. The quantitative estimate of drug-likeness (QED) is 0.513. The minimum atomic E-state index is -0.141. The van der Waals surface area contributed by atoms with Gasteiger partial charge in [-0.1, -0.05) is 18.1 Å². The minimum Gasteiger partial charge on any atom is -0.481 e. The van der Waals surface area contributed by atoms with E-state index in [2.05, 4.69) is 11.2 Å². The monoisotopic (exact) mass is 272 g/mol. The first kappa shape index (κ1) is 13.1. The second-order valence-corrected chi connectivity index (χ2v) is 4.30. The molecule has 1 aliphatic heterocycles. The third-order valence-corrected chi connectivity index (χ3v) is 2.97. The van der Waals surface area contributed by atoms with Crippen molar-refractivity contribution in [2.45, 2.75) is 0 Å². The van der Waals surface area contributed by atoms with Crippen molar-refractivity contribution in [1.29, 1.82) is 0 Å². The third kappa shape index (κ3) is 2.92. The number of likely N-dealkylation sites (N-methyl/N-ethyl adjacent to an activating group) is 1. The lowest BCUT2D eigenvalue weighted by Crippen LogP contribution is -2.25. The molecule has 96 valence electrons. The number of terminal acetylenes is 1. The predicted octanol–water partition coefficient (Wildman–Crippen LogP) is 1.39. The number of carbonyl (C=O) groups excluding carboxylic acids is 1. The van der Waals surface area contributed by atoms with E-state index < -0.39 is 0 Å². The fourth-order valence-electron chi connectivity index (χ4n) is 1.58. The number of nitrogens with one attached hydrogen (secondary N) is 1. The Morgan fingerprint density at radius 1 is 1.47 bits per heavy atom. The zero-order valence-electron chi connectivity index (χ0n) is 10.3. The van der Waals surface area contributed by atoms with Crippen LogP contribution in [0.15, 0.2) is 30.0 Å². The Bertz CT molecular complexity index is 584. The molecule has 0 aliphatic carbocycles. The van der Waals surface area contributed by atoms with Crippen LogP contribution in [0.2, 0.25) is 0 Å². The number of nitrogens with zero attached hydrogens (tertiary/aromatic N) is 1.